The molecule has 1 amide bonds. The molecule has 0 unspecified atom stereocenters. The van der Waals surface area contributed by atoms with E-state index in [4.69, 9.17) is 4.74 Å². The fourth-order valence-corrected chi connectivity index (χ4v) is 3.31. The van der Waals surface area contributed by atoms with Crippen molar-refractivity contribution in [2.45, 2.75) is 39.3 Å². The van der Waals surface area contributed by atoms with Gasteiger partial charge in [-0.25, -0.2) is 4.98 Å². The average molecular weight is 363 g/mol. The summed E-state index contributed by atoms with van der Waals surface area (Å²) in [5, 5.41) is 2.81. The number of nitrogens with one attached hydrogen (secondary N) is 1. The van der Waals surface area contributed by atoms with Gasteiger partial charge in [-0.05, 0) is 43.7 Å². The lowest BCUT2D eigenvalue weighted by Crippen LogP contribution is -2.34. The number of carbonyl (C=O) groups is 2. The Hall–Kier alpha value is -3.02. The molecular formula is C21H21N3O3. The van der Waals surface area contributed by atoms with Crippen LogP contribution in [0.1, 0.15) is 43.4 Å². The molecule has 0 radical (unpaired) electrons. The predicted molar refractivity (Wildman–Crippen MR) is 102 cm³/mol. The summed E-state index contributed by atoms with van der Waals surface area (Å²) in [7, 11) is 0. The van der Waals surface area contributed by atoms with Crippen LogP contribution in [0.3, 0.4) is 0 Å². The van der Waals surface area contributed by atoms with Crippen molar-refractivity contribution in [2.24, 2.45) is 10.9 Å². The summed E-state index contributed by atoms with van der Waals surface area (Å²) in [5.74, 6) is 1.04. The van der Waals surface area contributed by atoms with Gasteiger partial charge >= 0.3 is 0 Å². The van der Waals surface area contributed by atoms with Crippen LogP contribution in [0.2, 0.25) is 0 Å². The second-order valence-electron chi connectivity index (χ2n) is 7.21. The van der Waals surface area contributed by atoms with Gasteiger partial charge in [-0.3, -0.25) is 14.6 Å². The van der Waals surface area contributed by atoms with Crippen molar-refractivity contribution in [2.75, 3.05) is 5.32 Å². The Labute approximate surface area is 157 Å². The number of nitrogens with zero attached hydrogens (tertiary/aromatic N) is 2. The Bertz CT molecular complexity index is 941. The van der Waals surface area contributed by atoms with Gasteiger partial charge in [0.15, 0.2) is 0 Å². The molecule has 27 heavy (non-hydrogen) atoms. The van der Waals surface area contributed by atoms with E-state index in [9.17, 15) is 9.59 Å². The van der Waals surface area contributed by atoms with Gasteiger partial charge in [-0.1, -0.05) is 6.07 Å². The van der Waals surface area contributed by atoms with Crippen LogP contribution in [-0.2, 0) is 16.1 Å². The van der Waals surface area contributed by atoms with Crippen LogP contribution in [0.25, 0.3) is 0 Å². The molecule has 2 aromatic rings. The van der Waals surface area contributed by atoms with E-state index < -0.39 is 0 Å². The number of hydrogen-bond acceptors (Lipinski definition) is 5. The van der Waals surface area contributed by atoms with Crippen LogP contribution in [0.5, 0.6) is 5.75 Å². The smallest absolute Gasteiger partial charge is 0.229 e. The van der Waals surface area contributed by atoms with Crippen molar-refractivity contribution >= 4 is 23.2 Å². The maximum absolute atomic E-state index is 12.2. The van der Waals surface area contributed by atoms with Crippen molar-refractivity contribution < 1.29 is 14.3 Å². The zero-order valence-electron chi connectivity index (χ0n) is 15.4. The molecule has 6 nitrogen and oxygen atoms in total. The molecule has 0 saturated heterocycles. The van der Waals surface area contributed by atoms with Crippen molar-refractivity contribution in [1.29, 1.82) is 0 Å². The number of aromatic nitrogens is 1. The molecule has 2 heterocycles. The normalized spacial score (nSPS) is 16.0. The Balaban J connectivity index is 1.55. The predicted octanol–water partition coefficient (Wildman–Crippen LogP) is 3.14. The van der Waals surface area contributed by atoms with Crippen LogP contribution >= 0.6 is 0 Å². The van der Waals surface area contributed by atoms with Gasteiger partial charge in [0.1, 0.15) is 17.4 Å². The van der Waals surface area contributed by atoms with Gasteiger partial charge in [0.25, 0.3) is 0 Å². The lowest BCUT2D eigenvalue weighted by atomic mass is 9.83. The highest BCUT2D eigenvalue weighted by atomic mass is 16.5. The highest BCUT2D eigenvalue weighted by Crippen LogP contribution is 2.28. The van der Waals surface area contributed by atoms with Crippen LogP contribution in [0.4, 0.5) is 5.82 Å². The lowest BCUT2D eigenvalue weighted by molar-refractivity contribution is -0.135. The number of hydrogen-bond donors (Lipinski definition) is 1. The summed E-state index contributed by atoms with van der Waals surface area (Å²) in [6.07, 6.45) is 2.41. The number of aliphatic imine (C=N–C) groups is 1. The van der Waals surface area contributed by atoms with E-state index in [2.05, 4.69) is 15.3 Å². The second-order valence-corrected chi connectivity index (χ2v) is 7.21. The second kappa shape index (κ2) is 6.95. The molecule has 1 aliphatic heterocycles. The zero-order chi connectivity index (χ0) is 19.0. The first-order valence-electron chi connectivity index (χ1n) is 9.13. The van der Waals surface area contributed by atoms with Crippen molar-refractivity contribution in [1.82, 2.24) is 4.98 Å². The zero-order valence-corrected chi connectivity index (χ0v) is 15.4. The van der Waals surface area contributed by atoms with Gasteiger partial charge in [0.2, 0.25) is 5.91 Å². The van der Waals surface area contributed by atoms with E-state index in [0.717, 1.165) is 28.2 Å². The van der Waals surface area contributed by atoms with Crippen LogP contribution in [0, 0.1) is 5.92 Å². The molecule has 1 N–H and O–H groups in total. The van der Waals surface area contributed by atoms with Crippen molar-refractivity contribution in [3.05, 3.63) is 53.2 Å². The highest BCUT2D eigenvalue weighted by molar-refractivity contribution is 6.15. The highest BCUT2D eigenvalue weighted by Gasteiger charge is 2.32. The molecule has 1 aromatic carbocycles. The van der Waals surface area contributed by atoms with E-state index >= 15 is 0 Å². The number of pyridine rings is 1. The summed E-state index contributed by atoms with van der Waals surface area (Å²) in [4.78, 5) is 32.1. The molecule has 1 fully saturated rings. The number of rotatable bonds is 5. The van der Waals surface area contributed by atoms with Gasteiger partial charge in [0, 0.05) is 30.2 Å². The van der Waals surface area contributed by atoms with Gasteiger partial charge < -0.3 is 10.1 Å². The Morgan fingerprint density at radius 2 is 2.04 bits per heavy atom. The van der Waals surface area contributed by atoms with Gasteiger partial charge in [0.05, 0.1) is 24.3 Å². The first-order valence-corrected chi connectivity index (χ1v) is 9.13. The number of fused-ring (bicyclic) bond motifs is 1. The summed E-state index contributed by atoms with van der Waals surface area (Å²) in [6.45, 7) is 4.62. The topological polar surface area (TPSA) is 80.6 Å². The Morgan fingerprint density at radius 1 is 1.22 bits per heavy atom. The largest absolute Gasteiger partial charge is 0.491 e. The molecular weight excluding hydrogens is 342 g/mol. The first-order chi connectivity index (χ1) is 13.0. The molecule has 1 aromatic heterocycles. The summed E-state index contributed by atoms with van der Waals surface area (Å²) in [5.41, 5.74) is 3.96. The fraction of sp³-hybridized carbons (Fsp3) is 0.333. The maximum Gasteiger partial charge on any atom is 0.229 e. The molecule has 0 atom stereocenters. The minimum absolute atomic E-state index is 0.103. The lowest BCUT2D eigenvalue weighted by Gasteiger charge is -2.22. The Kier molecular flexibility index (Phi) is 4.48. The van der Waals surface area contributed by atoms with E-state index in [-0.39, 0.29) is 23.7 Å². The molecule has 6 heteroatoms. The van der Waals surface area contributed by atoms with E-state index in [1.165, 1.54) is 0 Å². The molecule has 1 saturated carbocycles. The van der Waals surface area contributed by atoms with Gasteiger partial charge in [-0.2, -0.15) is 0 Å². The quantitative estimate of drug-likeness (QED) is 0.885. The van der Waals surface area contributed by atoms with E-state index in [1.807, 2.05) is 44.2 Å². The Morgan fingerprint density at radius 3 is 2.78 bits per heavy atom. The van der Waals surface area contributed by atoms with Crippen LogP contribution in [0.15, 0.2) is 41.5 Å². The number of anilines is 1. The number of ether oxygens (including phenoxy) is 1. The summed E-state index contributed by atoms with van der Waals surface area (Å²) in [6, 6.07) is 9.73. The molecule has 0 spiro atoms. The number of benzene rings is 1. The number of Topliss-reactive ketones (excluding diaryl/α,β-unsaturated/α-hetero) is 1. The minimum Gasteiger partial charge on any atom is -0.491 e. The number of ketones is 1. The molecule has 1 aliphatic carbocycles. The summed E-state index contributed by atoms with van der Waals surface area (Å²) >= 11 is 0. The monoisotopic (exact) mass is 363 g/mol. The third kappa shape index (κ3) is 3.60. The van der Waals surface area contributed by atoms with Crippen molar-refractivity contribution in [3.8, 4) is 5.75 Å². The number of amides is 1. The molecule has 4 rings (SSSR count). The molecule has 0 bridgehead atoms. The first kappa shape index (κ1) is 17.4. The maximum atomic E-state index is 12.2. The standard InChI is InChI=1S/C21H21N3O3/c1-12(2)27-17-4-3-14-11-23-20(18(14)10-17)13-5-6-22-19(9-13)24-21(26)15-7-16(25)8-15/h3-6,9-10,12,15H,7-8,11H2,1-2H3,(H,22,24,26). The van der Waals surface area contributed by atoms with Gasteiger partial charge in [-0.15, -0.1) is 0 Å². The number of carbonyl (C=O) groups excluding carboxylic acids is 2. The summed E-state index contributed by atoms with van der Waals surface area (Å²) < 4.78 is 5.80. The average Bonchev–Trinajstić information content (AvgIpc) is 3.02. The minimum atomic E-state index is -0.233. The molecule has 2 aliphatic rings. The third-order valence-electron chi connectivity index (χ3n) is 4.72. The van der Waals surface area contributed by atoms with Crippen LogP contribution in [-0.4, -0.2) is 28.5 Å². The fourth-order valence-electron chi connectivity index (χ4n) is 3.31. The third-order valence-corrected chi connectivity index (χ3v) is 4.72. The van der Waals surface area contributed by atoms with Crippen LogP contribution < -0.4 is 10.1 Å². The van der Waals surface area contributed by atoms with Crippen molar-refractivity contribution in [3.63, 3.8) is 0 Å². The van der Waals surface area contributed by atoms with E-state index in [0.29, 0.717) is 25.2 Å². The molecule has 138 valence electrons. The SMILES string of the molecule is CC(C)Oc1ccc2c(c1)C(c1ccnc(NC(=O)C3CC(=O)C3)c1)=NC2. The van der Waals surface area contributed by atoms with E-state index in [1.54, 1.807) is 6.20 Å².